The molecule has 1 aromatic heterocycles. The number of rotatable bonds is 5. The summed E-state index contributed by atoms with van der Waals surface area (Å²) in [6, 6.07) is 3.99. The summed E-state index contributed by atoms with van der Waals surface area (Å²) in [5.74, 6) is 2.10. The van der Waals surface area contributed by atoms with Crippen LogP contribution in [0.5, 0.6) is 5.75 Å². The molecule has 106 valence electrons. The molecule has 1 aliphatic rings. The Morgan fingerprint density at radius 2 is 2.35 bits per heavy atom. The third-order valence-corrected chi connectivity index (χ3v) is 3.81. The third-order valence-electron chi connectivity index (χ3n) is 3.59. The summed E-state index contributed by atoms with van der Waals surface area (Å²) in [5.41, 5.74) is 2.36. The molecule has 0 bridgehead atoms. The van der Waals surface area contributed by atoms with Gasteiger partial charge in [0, 0.05) is 56.0 Å². The SMILES string of the molecule is Cn1ccnc1CCNCc1cc(Cl)cc2c1OCC2. The monoisotopic (exact) mass is 291 g/mol. The molecule has 0 atom stereocenters. The fraction of sp³-hybridized carbons (Fsp3) is 0.400. The van der Waals surface area contributed by atoms with Crippen LogP contribution in [0.3, 0.4) is 0 Å². The van der Waals surface area contributed by atoms with Crippen molar-refractivity contribution >= 4 is 11.6 Å². The van der Waals surface area contributed by atoms with Crippen molar-refractivity contribution in [3.8, 4) is 5.75 Å². The largest absolute Gasteiger partial charge is 0.493 e. The van der Waals surface area contributed by atoms with Crippen molar-refractivity contribution in [1.82, 2.24) is 14.9 Å². The van der Waals surface area contributed by atoms with Gasteiger partial charge < -0.3 is 14.6 Å². The summed E-state index contributed by atoms with van der Waals surface area (Å²) in [6.07, 6.45) is 5.66. The fourth-order valence-electron chi connectivity index (χ4n) is 2.54. The Morgan fingerprint density at radius 1 is 1.45 bits per heavy atom. The molecule has 2 heterocycles. The van der Waals surface area contributed by atoms with E-state index in [4.69, 9.17) is 16.3 Å². The van der Waals surface area contributed by atoms with E-state index in [-0.39, 0.29) is 0 Å². The molecule has 0 saturated heterocycles. The average Bonchev–Trinajstić information content (AvgIpc) is 3.03. The van der Waals surface area contributed by atoms with E-state index in [0.717, 1.165) is 54.7 Å². The maximum atomic E-state index is 6.15. The summed E-state index contributed by atoms with van der Waals surface area (Å²) in [5, 5.41) is 4.22. The number of hydrogen-bond acceptors (Lipinski definition) is 3. The Hall–Kier alpha value is -1.52. The van der Waals surface area contributed by atoms with E-state index >= 15 is 0 Å². The molecule has 1 aliphatic heterocycles. The van der Waals surface area contributed by atoms with Crippen molar-refractivity contribution < 1.29 is 4.74 Å². The van der Waals surface area contributed by atoms with Gasteiger partial charge in [0.15, 0.2) is 0 Å². The number of nitrogens with one attached hydrogen (secondary N) is 1. The van der Waals surface area contributed by atoms with Crippen LogP contribution in [0.15, 0.2) is 24.5 Å². The van der Waals surface area contributed by atoms with Crippen LogP contribution in [-0.2, 0) is 26.4 Å². The Morgan fingerprint density at radius 3 is 3.15 bits per heavy atom. The van der Waals surface area contributed by atoms with Crippen LogP contribution in [0.2, 0.25) is 5.02 Å². The van der Waals surface area contributed by atoms with Crippen LogP contribution in [-0.4, -0.2) is 22.7 Å². The van der Waals surface area contributed by atoms with Crippen LogP contribution in [0.1, 0.15) is 17.0 Å². The topological polar surface area (TPSA) is 39.1 Å². The first-order chi connectivity index (χ1) is 9.74. The molecule has 1 N–H and O–H groups in total. The number of fused-ring (bicyclic) bond motifs is 1. The van der Waals surface area contributed by atoms with E-state index in [1.54, 1.807) is 0 Å². The number of nitrogens with zero attached hydrogens (tertiary/aromatic N) is 2. The fourth-order valence-corrected chi connectivity index (χ4v) is 2.80. The summed E-state index contributed by atoms with van der Waals surface area (Å²) >= 11 is 6.15. The number of aromatic nitrogens is 2. The van der Waals surface area contributed by atoms with Crippen molar-refractivity contribution in [2.75, 3.05) is 13.2 Å². The zero-order valence-electron chi connectivity index (χ0n) is 11.5. The molecule has 3 rings (SSSR count). The average molecular weight is 292 g/mol. The Balaban J connectivity index is 1.58. The summed E-state index contributed by atoms with van der Waals surface area (Å²) in [7, 11) is 2.01. The minimum atomic E-state index is 0.760. The van der Waals surface area contributed by atoms with E-state index in [1.807, 2.05) is 36.1 Å². The maximum Gasteiger partial charge on any atom is 0.127 e. The standard InChI is InChI=1S/C15H18ClN3O/c1-19-6-5-18-14(19)2-4-17-10-12-9-13(16)8-11-3-7-20-15(11)12/h5-6,8-9,17H,2-4,7,10H2,1H3. The lowest BCUT2D eigenvalue weighted by Gasteiger charge is -2.10. The van der Waals surface area contributed by atoms with Gasteiger partial charge in [-0.2, -0.15) is 0 Å². The highest BCUT2D eigenvalue weighted by atomic mass is 35.5. The maximum absolute atomic E-state index is 6.15. The molecule has 0 aliphatic carbocycles. The Labute approximate surface area is 123 Å². The minimum Gasteiger partial charge on any atom is -0.493 e. The van der Waals surface area contributed by atoms with E-state index in [2.05, 4.69) is 10.3 Å². The first-order valence-corrected chi connectivity index (χ1v) is 7.23. The molecule has 0 amide bonds. The second kappa shape index (κ2) is 5.85. The zero-order chi connectivity index (χ0) is 13.9. The number of ether oxygens (including phenoxy) is 1. The van der Waals surface area contributed by atoms with Crippen molar-refractivity contribution in [2.45, 2.75) is 19.4 Å². The summed E-state index contributed by atoms with van der Waals surface area (Å²) < 4.78 is 7.74. The van der Waals surface area contributed by atoms with Crippen molar-refractivity contribution in [2.24, 2.45) is 7.05 Å². The molecular weight excluding hydrogens is 274 g/mol. The number of hydrogen-bond donors (Lipinski definition) is 1. The normalized spacial score (nSPS) is 13.3. The number of benzene rings is 1. The van der Waals surface area contributed by atoms with Gasteiger partial charge in [-0.15, -0.1) is 0 Å². The Kier molecular flexibility index (Phi) is 3.94. The second-order valence-electron chi connectivity index (χ2n) is 5.03. The van der Waals surface area contributed by atoms with Crippen LogP contribution in [0.25, 0.3) is 0 Å². The highest BCUT2D eigenvalue weighted by Gasteiger charge is 2.17. The molecule has 2 aromatic rings. The first kappa shape index (κ1) is 13.5. The quantitative estimate of drug-likeness (QED) is 0.860. The molecule has 4 nitrogen and oxygen atoms in total. The lowest BCUT2D eigenvalue weighted by molar-refractivity contribution is 0.352. The van der Waals surface area contributed by atoms with Gasteiger partial charge in [0.1, 0.15) is 11.6 Å². The first-order valence-electron chi connectivity index (χ1n) is 6.85. The predicted octanol–water partition coefficient (Wildman–Crippen LogP) is 2.34. The van der Waals surface area contributed by atoms with Gasteiger partial charge in [0.2, 0.25) is 0 Å². The molecule has 20 heavy (non-hydrogen) atoms. The van der Waals surface area contributed by atoms with Gasteiger partial charge in [-0.05, 0) is 17.7 Å². The van der Waals surface area contributed by atoms with Gasteiger partial charge in [-0.3, -0.25) is 0 Å². The van der Waals surface area contributed by atoms with E-state index in [9.17, 15) is 0 Å². The number of aryl methyl sites for hydroxylation is 1. The van der Waals surface area contributed by atoms with E-state index in [1.165, 1.54) is 5.56 Å². The van der Waals surface area contributed by atoms with Crippen LogP contribution in [0, 0.1) is 0 Å². The summed E-state index contributed by atoms with van der Waals surface area (Å²) in [6.45, 7) is 2.41. The van der Waals surface area contributed by atoms with Gasteiger partial charge in [-0.25, -0.2) is 4.98 Å². The molecule has 0 radical (unpaired) electrons. The van der Waals surface area contributed by atoms with Gasteiger partial charge in [-0.1, -0.05) is 11.6 Å². The van der Waals surface area contributed by atoms with E-state index in [0.29, 0.717) is 0 Å². The van der Waals surface area contributed by atoms with Crippen molar-refractivity contribution in [3.63, 3.8) is 0 Å². The zero-order valence-corrected chi connectivity index (χ0v) is 12.3. The highest BCUT2D eigenvalue weighted by molar-refractivity contribution is 6.30. The van der Waals surface area contributed by atoms with Crippen LogP contribution in [0.4, 0.5) is 0 Å². The van der Waals surface area contributed by atoms with Gasteiger partial charge in [0.25, 0.3) is 0 Å². The molecule has 0 saturated carbocycles. The van der Waals surface area contributed by atoms with Crippen LogP contribution >= 0.6 is 11.6 Å². The molecule has 0 unspecified atom stereocenters. The molecular formula is C15H18ClN3O. The molecule has 1 aromatic carbocycles. The molecule has 0 spiro atoms. The molecule has 0 fully saturated rings. The van der Waals surface area contributed by atoms with Gasteiger partial charge in [0.05, 0.1) is 6.61 Å². The van der Waals surface area contributed by atoms with Crippen LogP contribution < -0.4 is 10.1 Å². The predicted molar refractivity (Wildman–Crippen MR) is 79.3 cm³/mol. The number of imidazole rings is 1. The van der Waals surface area contributed by atoms with Gasteiger partial charge >= 0.3 is 0 Å². The smallest absolute Gasteiger partial charge is 0.127 e. The van der Waals surface area contributed by atoms with E-state index < -0.39 is 0 Å². The second-order valence-corrected chi connectivity index (χ2v) is 5.47. The van der Waals surface area contributed by atoms with Crippen molar-refractivity contribution in [3.05, 3.63) is 46.5 Å². The summed E-state index contributed by atoms with van der Waals surface area (Å²) in [4.78, 5) is 4.31. The number of halogens is 1. The highest BCUT2D eigenvalue weighted by Crippen LogP contribution is 2.32. The lowest BCUT2D eigenvalue weighted by Crippen LogP contribution is -2.18. The van der Waals surface area contributed by atoms with Crippen molar-refractivity contribution in [1.29, 1.82) is 0 Å². The third kappa shape index (κ3) is 2.81. The Bertz CT molecular complexity index is 609. The lowest BCUT2D eigenvalue weighted by atomic mass is 10.1. The molecule has 5 heteroatoms. The minimum absolute atomic E-state index is 0.760.